The van der Waals surface area contributed by atoms with E-state index in [1.54, 1.807) is 0 Å². The molecule has 2 aliphatic rings. The summed E-state index contributed by atoms with van der Waals surface area (Å²) >= 11 is 6.05. The Labute approximate surface area is 160 Å². The summed E-state index contributed by atoms with van der Waals surface area (Å²) in [5.74, 6) is 0.997. The predicted octanol–water partition coefficient (Wildman–Crippen LogP) is 4.76. The van der Waals surface area contributed by atoms with E-state index in [2.05, 4.69) is 52.5 Å². The summed E-state index contributed by atoms with van der Waals surface area (Å²) in [7, 11) is 0. The van der Waals surface area contributed by atoms with Crippen LogP contribution in [0.3, 0.4) is 0 Å². The number of rotatable bonds is 6. The Bertz CT molecular complexity index is 744. The van der Waals surface area contributed by atoms with Crippen molar-refractivity contribution in [2.45, 2.75) is 25.2 Å². The molecule has 2 aromatic rings. The first kappa shape index (κ1) is 17.6. The molecule has 4 heteroatoms. The van der Waals surface area contributed by atoms with Gasteiger partial charge >= 0.3 is 0 Å². The zero-order chi connectivity index (χ0) is 17.8. The number of fused-ring (bicyclic) bond motifs is 2. The minimum absolute atomic E-state index is 0.471. The fourth-order valence-corrected chi connectivity index (χ4v) is 4.29. The van der Waals surface area contributed by atoms with Gasteiger partial charge in [-0.2, -0.15) is 0 Å². The van der Waals surface area contributed by atoms with Crippen LogP contribution in [-0.4, -0.2) is 36.9 Å². The van der Waals surface area contributed by atoms with Crippen molar-refractivity contribution < 1.29 is 4.84 Å². The van der Waals surface area contributed by atoms with Crippen molar-refractivity contribution in [1.29, 1.82) is 0 Å². The highest BCUT2D eigenvalue weighted by Gasteiger charge is 2.40. The van der Waals surface area contributed by atoms with Crippen LogP contribution in [0.4, 0.5) is 0 Å². The molecule has 0 aromatic heterocycles. The standard InChI is InChI=1S/C22H25ClN2O/c23-19-10-8-18(9-11-19)20-12-13-25-15-21(20)22(16-25)24-26-14-4-7-17-5-2-1-3-6-17/h1-3,5-6,8-11,20-21H,4,7,12-16H2/b24-22+/t20-,21-/m0/s1. The van der Waals surface area contributed by atoms with Gasteiger partial charge in [-0.1, -0.05) is 59.2 Å². The second-order valence-corrected chi connectivity index (χ2v) is 7.73. The van der Waals surface area contributed by atoms with E-state index in [1.165, 1.54) is 23.3 Å². The lowest BCUT2D eigenvalue weighted by atomic mass is 9.81. The number of benzene rings is 2. The summed E-state index contributed by atoms with van der Waals surface area (Å²) in [5.41, 5.74) is 3.94. The summed E-state index contributed by atoms with van der Waals surface area (Å²) in [4.78, 5) is 8.18. The van der Waals surface area contributed by atoms with E-state index in [0.29, 0.717) is 18.4 Å². The molecule has 136 valence electrons. The van der Waals surface area contributed by atoms with E-state index in [1.807, 2.05) is 12.1 Å². The van der Waals surface area contributed by atoms with E-state index in [4.69, 9.17) is 16.4 Å². The highest BCUT2D eigenvalue weighted by atomic mass is 35.5. The molecule has 3 nitrogen and oxygen atoms in total. The maximum absolute atomic E-state index is 6.05. The lowest BCUT2D eigenvalue weighted by molar-refractivity contribution is 0.140. The Hall–Kier alpha value is -1.84. The Morgan fingerprint density at radius 3 is 2.65 bits per heavy atom. The maximum Gasteiger partial charge on any atom is 0.117 e. The number of hydrogen-bond acceptors (Lipinski definition) is 3. The first-order valence-corrected chi connectivity index (χ1v) is 9.88. The van der Waals surface area contributed by atoms with Crippen molar-refractivity contribution in [1.82, 2.24) is 4.90 Å². The molecule has 0 radical (unpaired) electrons. The average Bonchev–Trinajstić information content (AvgIpc) is 2.99. The minimum Gasteiger partial charge on any atom is -0.396 e. The highest BCUT2D eigenvalue weighted by molar-refractivity contribution is 6.30. The van der Waals surface area contributed by atoms with Crippen molar-refractivity contribution in [2.75, 3.05) is 26.2 Å². The molecule has 2 saturated heterocycles. The molecule has 0 N–H and O–H groups in total. The topological polar surface area (TPSA) is 24.8 Å². The molecule has 2 fully saturated rings. The van der Waals surface area contributed by atoms with Gasteiger partial charge in [0.05, 0.1) is 5.71 Å². The minimum atomic E-state index is 0.471. The van der Waals surface area contributed by atoms with Crippen LogP contribution < -0.4 is 0 Å². The smallest absolute Gasteiger partial charge is 0.117 e. The second kappa shape index (κ2) is 8.24. The molecular weight excluding hydrogens is 344 g/mol. The number of oxime groups is 1. The van der Waals surface area contributed by atoms with E-state index in [9.17, 15) is 0 Å². The molecule has 0 saturated carbocycles. The number of piperidine rings is 1. The Morgan fingerprint density at radius 1 is 1.04 bits per heavy atom. The average molecular weight is 369 g/mol. The highest BCUT2D eigenvalue weighted by Crippen LogP contribution is 2.38. The van der Waals surface area contributed by atoms with Crippen molar-refractivity contribution >= 4 is 17.3 Å². The SMILES string of the molecule is Clc1ccc([C@@H]2CCN3C/C(=N\OCCCc4ccccc4)[C@H]2C3)cc1. The number of hydrogen-bond donors (Lipinski definition) is 0. The first-order chi connectivity index (χ1) is 12.8. The molecule has 0 aliphatic carbocycles. The fraction of sp³-hybridized carbons (Fsp3) is 0.409. The van der Waals surface area contributed by atoms with Crippen LogP contribution in [0.1, 0.15) is 29.9 Å². The zero-order valence-corrected chi connectivity index (χ0v) is 15.7. The third-order valence-electron chi connectivity index (χ3n) is 5.53. The van der Waals surface area contributed by atoms with Crippen LogP contribution in [0.15, 0.2) is 59.8 Å². The van der Waals surface area contributed by atoms with Gasteiger partial charge < -0.3 is 4.84 Å². The molecule has 0 spiro atoms. The van der Waals surface area contributed by atoms with E-state index >= 15 is 0 Å². The number of halogens is 1. The first-order valence-electron chi connectivity index (χ1n) is 9.50. The summed E-state index contributed by atoms with van der Waals surface area (Å²) in [5, 5.41) is 5.34. The van der Waals surface area contributed by atoms with Crippen LogP contribution in [0, 0.1) is 5.92 Å². The quantitative estimate of drug-likeness (QED) is 0.542. The number of nitrogens with zero attached hydrogens (tertiary/aromatic N) is 2. The largest absolute Gasteiger partial charge is 0.396 e. The Morgan fingerprint density at radius 2 is 1.85 bits per heavy atom. The van der Waals surface area contributed by atoms with E-state index < -0.39 is 0 Å². The maximum atomic E-state index is 6.05. The predicted molar refractivity (Wildman–Crippen MR) is 107 cm³/mol. The van der Waals surface area contributed by atoms with Crippen LogP contribution in [-0.2, 0) is 11.3 Å². The molecule has 26 heavy (non-hydrogen) atoms. The summed E-state index contributed by atoms with van der Waals surface area (Å²) in [6, 6.07) is 18.9. The van der Waals surface area contributed by atoms with Gasteiger partial charge in [0.25, 0.3) is 0 Å². The van der Waals surface area contributed by atoms with Crippen LogP contribution in [0.25, 0.3) is 0 Å². The van der Waals surface area contributed by atoms with E-state index in [-0.39, 0.29) is 0 Å². The van der Waals surface area contributed by atoms with Gasteiger partial charge in [0.15, 0.2) is 0 Å². The third-order valence-corrected chi connectivity index (χ3v) is 5.79. The molecule has 2 bridgehead atoms. The van der Waals surface area contributed by atoms with Gasteiger partial charge in [-0.25, -0.2) is 0 Å². The molecule has 1 unspecified atom stereocenters. The molecule has 2 aliphatic heterocycles. The van der Waals surface area contributed by atoms with Crippen LogP contribution in [0.2, 0.25) is 5.02 Å². The Balaban J connectivity index is 1.34. The molecule has 2 aromatic carbocycles. The van der Waals surface area contributed by atoms with Crippen LogP contribution >= 0.6 is 11.6 Å². The van der Waals surface area contributed by atoms with Crippen molar-refractivity contribution in [3.63, 3.8) is 0 Å². The Kier molecular flexibility index (Phi) is 5.57. The van der Waals surface area contributed by atoms with Gasteiger partial charge in [0, 0.05) is 24.0 Å². The van der Waals surface area contributed by atoms with Gasteiger partial charge in [0.1, 0.15) is 6.61 Å². The molecule has 3 atom stereocenters. The fourth-order valence-electron chi connectivity index (χ4n) is 4.17. The normalized spacial score (nSPS) is 26.2. The van der Waals surface area contributed by atoms with Gasteiger partial charge in [-0.3, -0.25) is 4.90 Å². The molecule has 0 amide bonds. The van der Waals surface area contributed by atoms with Gasteiger partial charge in [-0.15, -0.1) is 0 Å². The lowest BCUT2D eigenvalue weighted by Crippen LogP contribution is -2.31. The number of aryl methyl sites for hydroxylation is 1. The third kappa shape index (κ3) is 4.11. The molecular formula is C22H25ClN2O. The van der Waals surface area contributed by atoms with Crippen molar-refractivity contribution in [3.8, 4) is 0 Å². The van der Waals surface area contributed by atoms with Crippen molar-refractivity contribution in [3.05, 3.63) is 70.7 Å². The zero-order valence-electron chi connectivity index (χ0n) is 15.0. The molecule has 2 heterocycles. The summed E-state index contributed by atoms with van der Waals surface area (Å²) in [6.07, 6.45) is 3.21. The summed E-state index contributed by atoms with van der Waals surface area (Å²) in [6.45, 7) is 3.86. The van der Waals surface area contributed by atoms with E-state index in [0.717, 1.165) is 37.5 Å². The van der Waals surface area contributed by atoms with Crippen molar-refractivity contribution in [2.24, 2.45) is 11.1 Å². The summed E-state index contributed by atoms with van der Waals surface area (Å²) < 4.78 is 0. The van der Waals surface area contributed by atoms with Gasteiger partial charge in [0.2, 0.25) is 0 Å². The van der Waals surface area contributed by atoms with Crippen LogP contribution in [0.5, 0.6) is 0 Å². The lowest BCUT2D eigenvalue weighted by Gasteiger charge is -2.30. The molecule has 4 rings (SSSR count). The van der Waals surface area contributed by atoms with Gasteiger partial charge in [-0.05, 0) is 55.0 Å². The second-order valence-electron chi connectivity index (χ2n) is 7.29. The monoisotopic (exact) mass is 368 g/mol.